The molecule has 4 rings (SSSR count). The fraction of sp³-hybridized carbons (Fsp3) is 0.125. The average molecular weight is 527 g/mol. The number of rotatable bonds is 10. The zero-order chi connectivity index (χ0) is 25.5. The molecule has 0 unspecified atom stereocenters. The SMILES string of the molecule is CN(C(=O)c1ccccc1Sc1ccc2c(/C=C/c3ccccn3)n[nH]c2c1)P(=O)(OCO)OCO. The number of amides is 1. The second kappa shape index (κ2) is 11.6. The van der Waals surface area contributed by atoms with E-state index in [9.17, 15) is 9.36 Å². The molecule has 36 heavy (non-hydrogen) atoms. The van der Waals surface area contributed by atoms with Crippen molar-refractivity contribution in [2.24, 2.45) is 0 Å². The summed E-state index contributed by atoms with van der Waals surface area (Å²) in [6.45, 7) is -1.90. The summed E-state index contributed by atoms with van der Waals surface area (Å²) >= 11 is 1.34. The Morgan fingerprint density at radius 3 is 2.56 bits per heavy atom. The van der Waals surface area contributed by atoms with Gasteiger partial charge < -0.3 is 10.2 Å². The first-order chi connectivity index (χ1) is 17.4. The average Bonchev–Trinajstić information content (AvgIpc) is 3.30. The van der Waals surface area contributed by atoms with Gasteiger partial charge in [0.15, 0.2) is 13.6 Å². The Labute approximate surface area is 211 Å². The second-order valence-electron chi connectivity index (χ2n) is 7.32. The van der Waals surface area contributed by atoms with Crippen molar-refractivity contribution < 1.29 is 28.6 Å². The van der Waals surface area contributed by atoms with Gasteiger partial charge in [0.1, 0.15) is 0 Å². The summed E-state index contributed by atoms with van der Waals surface area (Å²) in [6, 6.07) is 18.2. The van der Waals surface area contributed by atoms with E-state index in [1.807, 2.05) is 48.6 Å². The largest absolute Gasteiger partial charge is 0.441 e. The van der Waals surface area contributed by atoms with Crippen molar-refractivity contribution in [2.75, 3.05) is 20.6 Å². The number of pyridine rings is 1. The lowest BCUT2D eigenvalue weighted by molar-refractivity contribution is 0.0239. The Balaban J connectivity index is 1.57. The van der Waals surface area contributed by atoms with E-state index in [-0.39, 0.29) is 5.56 Å². The quantitative estimate of drug-likeness (QED) is 0.203. The van der Waals surface area contributed by atoms with Gasteiger partial charge in [0.05, 0.1) is 22.5 Å². The maximum Gasteiger partial charge on any atom is 0.441 e. The van der Waals surface area contributed by atoms with E-state index in [2.05, 4.69) is 15.2 Å². The third-order valence-corrected chi connectivity index (χ3v) is 7.98. The molecule has 0 atom stereocenters. The second-order valence-corrected chi connectivity index (χ2v) is 10.5. The number of aromatic nitrogens is 3. The zero-order valence-electron chi connectivity index (χ0n) is 19.1. The van der Waals surface area contributed by atoms with Crippen LogP contribution in [-0.4, -0.2) is 56.6 Å². The number of H-pyrrole nitrogens is 1. The van der Waals surface area contributed by atoms with E-state index in [0.29, 0.717) is 4.90 Å². The van der Waals surface area contributed by atoms with E-state index < -0.39 is 27.2 Å². The zero-order valence-corrected chi connectivity index (χ0v) is 20.9. The van der Waals surface area contributed by atoms with Crippen molar-refractivity contribution in [3.8, 4) is 0 Å². The van der Waals surface area contributed by atoms with E-state index in [0.717, 1.165) is 31.9 Å². The number of nitrogens with zero attached hydrogens (tertiary/aromatic N) is 3. The summed E-state index contributed by atoms with van der Waals surface area (Å²) in [5.41, 5.74) is 2.66. The molecule has 0 aliphatic heterocycles. The van der Waals surface area contributed by atoms with Crippen LogP contribution in [0.25, 0.3) is 23.1 Å². The van der Waals surface area contributed by atoms with Gasteiger partial charge in [-0.1, -0.05) is 30.0 Å². The molecule has 2 aromatic carbocycles. The van der Waals surface area contributed by atoms with E-state index in [4.69, 9.17) is 19.3 Å². The Morgan fingerprint density at radius 1 is 1.08 bits per heavy atom. The molecule has 186 valence electrons. The van der Waals surface area contributed by atoms with Crippen LogP contribution >= 0.6 is 19.5 Å². The van der Waals surface area contributed by atoms with E-state index in [1.54, 1.807) is 30.5 Å². The number of hydrogen-bond donors (Lipinski definition) is 3. The highest BCUT2D eigenvalue weighted by Crippen LogP contribution is 2.51. The Hall–Kier alpha value is -3.31. The number of fused-ring (bicyclic) bond motifs is 1. The highest BCUT2D eigenvalue weighted by Gasteiger charge is 2.36. The number of nitrogens with one attached hydrogen (secondary N) is 1. The summed E-state index contributed by atoms with van der Waals surface area (Å²) in [7, 11) is -3.03. The van der Waals surface area contributed by atoms with Crippen molar-refractivity contribution in [3.63, 3.8) is 0 Å². The molecular formula is C24H23N4O6PS. The summed E-state index contributed by atoms with van der Waals surface area (Å²) in [5, 5.41) is 26.4. The van der Waals surface area contributed by atoms with Crippen LogP contribution in [0.15, 0.2) is 76.7 Å². The molecule has 4 aromatic rings. The fourth-order valence-electron chi connectivity index (χ4n) is 3.35. The van der Waals surface area contributed by atoms with Crippen LogP contribution in [0.3, 0.4) is 0 Å². The van der Waals surface area contributed by atoms with Crippen molar-refractivity contribution in [2.45, 2.75) is 9.79 Å². The summed E-state index contributed by atoms with van der Waals surface area (Å²) in [4.78, 5) is 18.9. The summed E-state index contributed by atoms with van der Waals surface area (Å²) in [6.07, 6.45) is 5.50. The summed E-state index contributed by atoms with van der Waals surface area (Å²) in [5.74, 6) is -0.659. The van der Waals surface area contributed by atoms with Gasteiger partial charge in [0, 0.05) is 28.4 Å². The minimum absolute atomic E-state index is 0.247. The van der Waals surface area contributed by atoms with Gasteiger partial charge in [0.2, 0.25) is 0 Å². The molecule has 0 aliphatic carbocycles. The first-order valence-corrected chi connectivity index (χ1v) is 13.0. The molecule has 0 spiro atoms. The van der Waals surface area contributed by atoms with Gasteiger partial charge >= 0.3 is 7.75 Å². The first kappa shape index (κ1) is 25.8. The van der Waals surface area contributed by atoms with Crippen LogP contribution in [0.4, 0.5) is 0 Å². The van der Waals surface area contributed by atoms with Gasteiger partial charge in [-0.05, 0) is 54.6 Å². The number of hydrogen-bond acceptors (Lipinski definition) is 9. The molecule has 1 amide bonds. The maximum atomic E-state index is 13.1. The first-order valence-electron chi connectivity index (χ1n) is 10.7. The topological polar surface area (TPSA) is 138 Å². The number of aliphatic hydroxyl groups is 2. The van der Waals surface area contributed by atoms with Crippen molar-refractivity contribution in [3.05, 3.63) is 83.8 Å². The van der Waals surface area contributed by atoms with Gasteiger partial charge in [0.25, 0.3) is 5.91 Å². The molecule has 3 N–H and O–H groups in total. The molecule has 12 heteroatoms. The van der Waals surface area contributed by atoms with Crippen LogP contribution in [0.2, 0.25) is 0 Å². The van der Waals surface area contributed by atoms with Crippen LogP contribution < -0.4 is 0 Å². The fourth-order valence-corrected chi connectivity index (χ4v) is 5.37. The van der Waals surface area contributed by atoms with Gasteiger partial charge in [-0.3, -0.25) is 23.9 Å². The normalized spacial score (nSPS) is 11.9. The van der Waals surface area contributed by atoms with E-state index in [1.165, 1.54) is 18.8 Å². The van der Waals surface area contributed by atoms with Gasteiger partial charge in [-0.25, -0.2) is 9.24 Å². The minimum Gasteiger partial charge on any atom is -0.370 e. The molecule has 0 saturated heterocycles. The monoisotopic (exact) mass is 526 g/mol. The number of carbonyl (C=O) groups is 1. The molecular weight excluding hydrogens is 503 g/mol. The van der Waals surface area contributed by atoms with Crippen LogP contribution in [0.5, 0.6) is 0 Å². The lowest BCUT2D eigenvalue weighted by Gasteiger charge is -2.26. The molecule has 0 saturated carbocycles. The van der Waals surface area contributed by atoms with Crippen LogP contribution in [0.1, 0.15) is 21.7 Å². The van der Waals surface area contributed by atoms with Crippen molar-refractivity contribution in [1.82, 2.24) is 19.9 Å². The maximum absolute atomic E-state index is 13.1. The number of carbonyl (C=O) groups excluding carboxylic acids is 1. The highest BCUT2D eigenvalue weighted by molar-refractivity contribution is 7.99. The smallest absolute Gasteiger partial charge is 0.370 e. The third-order valence-electron chi connectivity index (χ3n) is 5.11. The summed E-state index contributed by atoms with van der Waals surface area (Å²) < 4.78 is 23.0. The standard InChI is InChI=1S/C24H23N4O6PS/c1-28(35(32,33-15-29)34-16-30)24(31)20-7-2-3-8-23(20)36-18-10-11-19-21(26-27-22(19)14-18)12-9-17-6-4-5-13-25-17/h2-14,29-30H,15-16H2,1H3,(H,26,27)/b12-9+. The van der Waals surface area contributed by atoms with Crippen molar-refractivity contribution in [1.29, 1.82) is 0 Å². The molecule has 0 aliphatic rings. The Kier molecular flexibility index (Phi) is 8.32. The predicted molar refractivity (Wildman–Crippen MR) is 136 cm³/mol. The molecule has 2 heterocycles. The molecule has 2 aromatic heterocycles. The third kappa shape index (κ3) is 5.73. The van der Waals surface area contributed by atoms with Crippen molar-refractivity contribution >= 4 is 48.5 Å². The number of benzene rings is 2. The van der Waals surface area contributed by atoms with Gasteiger partial charge in [-0.2, -0.15) is 5.10 Å². The predicted octanol–water partition coefficient (Wildman–Crippen LogP) is 4.39. The molecule has 10 nitrogen and oxygen atoms in total. The molecule has 0 radical (unpaired) electrons. The Morgan fingerprint density at radius 2 is 1.83 bits per heavy atom. The molecule has 0 bridgehead atoms. The number of aromatic amines is 1. The minimum atomic E-state index is -4.24. The van der Waals surface area contributed by atoms with Crippen LogP contribution in [-0.2, 0) is 13.6 Å². The lowest BCUT2D eigenvalue weighted by atomic mass is 10.2. The highest BCUT2D eigenvalue weighted by atomic mass is 32.2. The Bertz CT molecular complexity index is 1420. The molecule has 0 fully saturated rings. The van der Waals surface area contributed by atoms with Crippen LogP contribution in [0, 0.1) is 0 Å². The lowest BCUT2D eigenvalue weighted by Crippen LogP contribution is -2.27. The number of aliphatic hydroxyl groups excluding tert-OH is 2. The van der Waals surface area contributed by atoms with Gasteiger partial charge in [-0.15, -0.1) is 0 Å². The van der Waals surface area contributed by atoms with E-state index >= 15 is 0 Å².